The Kier molecular flexibility index (Phi) is 4.70. The lowest BCUT2D eigenvalue weighted by molar-refractivity contribution is 0.219. The molecule has 1 aliphatic heterocycles. The van der Waals surface area contributed by atoms with Crippen molar-refractivity contribution in [1.82, 2.24) is 5.32 Å². The predicted molar refractivity (Wildman–Crippen MR) is 75.3 cm³/mol. The van der Waals surface area contributed by atoms with E-state index in [-0.39, 0.29) is 0 Å². The van der Waals surface area contributed by atoms with Crippen molar-refractivity contribution in [3.05, 3.63) is 0 Å². The van der Waals surface area contributed by atoms with Gasteiger partial charge in [0, 0.05) is 6.04 Å². The monoisotopic (exact) mass is 273 g/mol. The maximum Gasteiger partial charge on any atom is 0.150 e. The molecule has 0 unspecified atom stereocenters. The molecule has 0 radical (unpaired) electrons. The maximum atomic E-state index is 11.4. The summed E-state index contributed by atoms with van der Waals surface area (Å²) in [6.07, 6.45) is 5.61. The average Bonchev–Trinajstić information content (AvgIpc) is 2.32. The van der Waals surface area contributed by atoms with E-state index in [1.165, 1.54) is 19.3 Å². The van der Waals surface area contributed by atoms with Crippen LogP contribution in [0.2, 0.25) is 0 Å². The van der Waals surface area contributed by atoms with Gasteiger partial charge < -0.3 is 5.32 Å². The molecule has 0 aromatic heterocycles. The summed E-state index contributed by atoms with van der Waals surface area (Å²) in [5.74, 6) is 3.06. The molecule has 4 heteroatoms. The van der Waals surface area contributed by atoms with Crippen molar-refractivity contribution in [3.8, 4) is 0 Å². The van der Waals surface area contributed by atoms with Crippen LogP contribution in [-0.4, -0.2) is 32.5 Å². The molecule has 106 valence electrons. The summed E-state index contributed by atoms with van der Waals surface area (Å²) < 4.78 is 22.7. The molecule has 1 saturated heterocycles. The highest BCUT2D eigenvalue weighted by atomic mass is 32.2. The van der Waals surface area contributed by atoms with E-state index in [0.717, 1.165) is 31.2 Å². The van der Waals surface area contributed by atoms with Crippen LogP contribution in [0.5, 0.6) is 0 Å². The van der Waals surface area contributed by atoms with Gasteiger partial charge in [0.05, 0.1) is 11.5 Å². The molecule has 3 nitrogen and oxygen atoms in total. The highest BCUT2D eigenvalue weighted by Gasteiger charge is 2.27. The molecular formula is C14H27NO2S. The van der Waals surface area contributed by atoms with Crippen LogP contribution in [0.3, 0.4) is 0 Å². The summed E-state index contributed by atoms with van der Waals surface area (Å²) in [7, 11) is -2.70. The zero-order valence-electron chi connectivity index (χ0n) is 11.7. The van der Waals surface area contributed by atoms with Crippen molar-refractivity contribution in [3.63, 3.8) is 0 Å². The van der Waals surface area contributed by atoms with Crippen molar-refractivity contribution in [2.24, 2.45) is 17.8 Å². The molecular weight excluding hydrogens is 246 g/mol. The SMILES string of the molecule is C[C@@H]1CC[C@H](NCC2CCS(=O)(=O)CC2)C[C@H]1C. The van der Waals surface area contributed by atoms with E-state index in [1.54, 1.807) is 0 Å². The fourth-order valence-electron chi connectivity index (χ4n) is 3.21. The molecule has 0 spiro atoms. The molecule has 0 aromatic rings. The number of sulfone groups is 1. The van der Waals surface area contributed by atoms with Crippen LogP contribution < -0.4 is 5.32 Å². The van der Waals surface area contributed by atoms with Crippen LogP contribution in [0, 0.1) is 17.8 Å². The zero-order valence-corrected chi connectivity index (χ0v) is 12.5. The first-order chi connectivity index (χ1) is 8.46. The largest absolute Gasteiger partial charge is 0.314 e. The Morgan fingerprint density at radius 2 is 1.67 bits per heavy atom. The molecule has 18 heavy (non-hydrogen) atoms. The molecule has 1 heterocycles. The van der Waals surface area contributed by atoms with Gasteiger partial charge in [-0.3, -0.25) is 0 Å². The third-order valence-electron chi connectivity index (χ3n) is 4.97. The summed E-state index contributed by atoms with van der Waals surface area (Å²) in [6.45, 7) is 5.72. The van der Waals surface area contributed by atoms with Gasteiger partial charge in [0.2, 0.25) is 0 Å². The Bertz CT molecular complexity index is 352. The summed E-state index contributed by atoms with van der Waals surface area (Å²) in [4.78, 5) is 0. The van der Waals surface area contributed by atoms with E-state index < -0.39 is 9.84 Å². The van der Waals surface area contributed by atoms with Crippen LogP contribution in [-0.2, 0) is 9.84 Å². The van der Waals surface area contributed by atoms with Gasteiger partial charge in [-0.15, -0.1) is 0 Å². The third-order valence-corrected chi connectivity index (χ3v) is 6.68. The average molecular weight is 273 g/mol. The first-order valence-corrected chi connectivity index (χ1v) is 9.22. The van der Waals surface area contributed by atoms with Gasteiger partial charge in [-0.05, 0) is 56.4 Å². The Balaban J connectivity index is 1.69. The Morgan fingerprint density at radius 1 is 1.00 bits per heavy atom. The zero-order chi connectivity index (χ0) is 13.2. The normalized spacial score (nSPS) is 37.6. The van der Waals surface area contributed by atoms with Crippen molar-refractivity contribution in [2.45, 2.75) is 52.0 Å². The molecule has 0 aromatic carbocycles. The van der Waals surface area contributed by atoms with Gasteiger partial charge >= 0.3 is 0 Å². The van der Waals surface area contributed by atoms with E-state index in [2.05, 4.69) is 19.2 Å². The highest BCUT2D eigenvalue weighted by Crippen LogP contribution is 2.29. The van der Waals surface area contributed by atoms with Gasteiger partial charge in [0.25, 0.3) is 0 Å². The molecule has 1 aliphatic carbocycles. The first-order valence-electron chi connectivity index (χ1n) is 7.40. The fraction of sp³-hybridized carbons (Fsp3) is 1.00. The summed E-state index contributed by atoms with van der Waals surface area (Å²) in [5.41, 5.74) is 0. The number of rotatable bonds is 3. The lowest BCUT2D eigenvalue weighted by Gasteiger charge is -2.34. The summed E-state index contributed by atoms with van der Waals surface area (Å²) >= 11 is 0. The Morgan fingerprint density at radius 3 is 2.28 bits per heavy atom. The standard InChI is InChI=1S/C14H27NO2S/c1-11-3-4-14(9-12(11)2)15-10-13-5-7-18(16,17)8-6-13/h11-15H,3-10H2,1-2H3/t11-,12-,14+/m1/s1. The third kappa shape index (κ3) is 3.95. The van der Waals surface area contributed by atoms with Crippen molar-refractivity contribution in [2.75, 3.05) is 18.1 Å². The Hall–Kier alpha value is -0.0900. The van der Waals surface area contributed by atoms with E-state index in [0.29, 0.717) is 23.5 Å². The van der Waals surface area contributed by atoms with E-state index >= 15 is 0 Å². The van der Waals surface area contributed by atoms with Crippen molar-refractivity contribution in [1.29, 1.82) is 0 Å². The van der Waals surface area contributed by atoms with Gasteiger partial charge in [-0.2, -0.15) is 0 Å². The van der Waals surface area contributed by atoms with E-state index in [9.17, 15) is 8.42 Å². The van der Waals surface area contributed by atoms with Crippen LogP contribution in [0.4, 0.5) is 0 Å². The van der Waals surface area contributed by atoms with Gasteiger partial charge in [0.1, 0.15) is 9.84 Å². The van der Waals surface area contributed by atoms with Gasteiger partial charge in [-0.25, -0.2) is 8.42 Å². The second kappa shape index (κ2) is 5.91. The van der Waals surface area contributed by atoms with E-state index in [1.807, 2.05) is 0 Å². The van der Waals surface area contributed by atoms with Crippen molar-refractivity contribution >= 4 is 9.84 Å². The van der Waals surface area contributed by atoms with Crippen molar-refractivity contribution < 1.29 is 8.42 Å². The lowest BCUT2D eigenvalue weighted by atomic mass is 9.79. The maximum absolute atomic E-state index is 11.4. The molecule has 1 N–H and O–H groups in total. The van der Waals surface area contributed by atoms with Crippen LogP contribution >= 0.6 is 0 Å². The predicted octanol–water partition coefficient (Wildman–Crippen LogP) is 2.23. The van der Waals surface area contributed by atoms with Crippen LogP contribution in [0.25, 0.3) is 0 Å². The molecule has 3 atom stereocenters. The van der Waals surface area contributed by atoms with Crippen LogP contribution in [0.15, 0.2) is 0 Å². The lowest BCUT2D eigenvalue weighted by Crippen LogP contribution is -2.40. The highest BCUT2D eigenvalue weighted by molar-refractivity contribution is 7.91. The minimum atomic E-state index is -2.70. The molecule has 1 saturated carbocycles. The summed E-state index contributed by atoms with van der Waals surface area (Å²) in [6, 6.07) is 0.662. The molecule has 2 rings (SSSR count). The number of hydrogen-bond donors (Lipinski definition) is 1. The molecule has 0 amide bonds. The topological polar surface area (TPSA) is 46.2 Å². The smallest absolute Gasteiger partial charge is 0.150 e. The molecule has 2 aliphatic rings. The summed E-state index contributed by atoms with van der Waals surface area (Å²) in [5, 5.41) is 3.67. The number of hydrogen-bond acceptors (Lipinski definition) is 3. The second-order valence-corrected chi connectivity index (χ2v) is 8.77. The molecule has 2 fully saturated rings. The minimum Gasteiger partial charge on any atom is -0.314 e. The Labute approximate surface area is 112 Å². The van der Waals surface area contributed by atoms with Gasteiger partial charge in [-0.1, -0.05) is 13.8 Å². The fourth-order valence-corrected chi connectivity index (χ4v) is 4.80. The van der Waals surface area contributed by atoms with Crippen LogP contribution in [0.1, 0.15) is 46.0 Å². The molecule has 0 bridgehead atoms. The second-order valence-electron chi connectivity index (χ2n) is 6.47. The quantitative estimate of drug-likeness (QED) is 0.857. The van der Waals surface area contributed by atoms with Gasteiger partial charge in [0.15, 0.2) is 0 Å². The van der Waals surface area contributed by atoms with E-state index in [4.69, 9.17) is 0 Å². The number of nitrogens with one attached hydrogen (secondary N) is 1. The first kappa shape index (κ1) is 14.3. The minimum absolute atomic E-state index is 0.400.